The summed E-state index contributed by atoms with van der Waals surface area (Å²) in [6.07, 6.45) is -0.103. The molecular weight excluding hydrogens is 586 g/mol. The standard InChI is InChI=1S/C41H52O2P2/c1-25-13-26(2)18-35(17-25)44(36-19-27(3)14-28(4)20-36)33(9)39-40(43-41(11,12)42-39)34(10)45(37-21-29(5)15-30(6)22-37)38-23-31(7)16-32(8)24-38/h13-24,33-34,39-40H,1-12H3/t33-,34-,39-,40-/m1/s1. The first-order valence-corrected chi connectivity index (χ1v) is 19.2. The first kappa shape index (κ1) is 34.0. The van der Waals surface area contributed by atoms with Gasteiger partial charge in [-0.25, -0.2) is 0 Å². The van der Waals surface area contributed by atoms with Crippen molar-refractivity contribution < 1.29 is 9.47 Å². The molecule has 4 aromatic rings. The second-order valence-electron chi connectivity index (χ2n) is 14.2. The smallest absolute Gasteiger partial charge is 0.163 e. The summed E-state index contributed by atoms with van der Waals surface area (Å²) in [5, 5.41) is 5.69. The van der Waals surface area contributed by atoms with Gasteiger partial charge in [0.05, 0.1) is 12.2 Å². The molecule has 45 heavy (non-hydrogen) atoms. The first-order valence-electron chi connectivity index (χ1n) is 16.4. The van der Waals surface area contributed by atoms with Gasteiger partial charge in [0.25, 0.3) is 0 Å². The minimum atomic E-state index is -0.727. The van der Waals surface area contributed by atoms with E-state index < -0.39 is 21.6 Å². The molecule has 2 nitrogen and oxygen atoms in total. The topological polar surface area (TPSA) is 18.5 Å². The van der Waals surface area contributed by atoms with Crippen LogP contribution in [0, 0.1) is 55.4 Å². The van der Waals surface area contributed by atoms with Crippen molar-refractivity contribution >= 4 is 37.1 Å². The molecule has 0 amide bonds. The number of rotatable bonds is 8. The zero-order chi connectivity index (χ0) is 32.8. The van der Waals surface area contributed by atoms with Gasteiger partial charge in [-0.15, -0.1) is 0 Å². The number of hydrogen-bond acceptors (Lipinski definition) is 2. The molecule has 4 aromatic carbocycles. The summed E-state index contributed by atoms with van der Waals surface area (Å²) in [7, 11) is -1.45. The lowest BCUT2D eigenvalue weighted by atomic mass is 10.1. The van der Waals surface area contributed by atoms with Crippen LogP contribution in [-0.2, 0) is 9.47 Å². The second-order valence-corrected chi connectivity index (χ2v) is 19.3. The van der Waals surface area contributed by atoms with Crippen LogP contribution in [0.3, 0.4) is 0 Å². The highest BCUT2D eigenvalue weighted by Crippen LogP contribution is 2.52. The van der Waals surface area contributed by atoms with Crippen molar-refractivity contribution in [3.8, 4) is 0 Å². The fourth-order valence-electron chi connectivity index (χ4n) is 7.45. The number of hydrogen-bond donors (Lipinski definition) is 0. The molecule has 4 heteroatoms. The lowest BCUT2D eigenvalue weighted by Gasteiger charge is -2.37. The summed E-state index contributed by atoms with van der Waals surface area (Å²) in [5.41, 5.74) is 11.0. The van der Waals surface area contributed by atoms with Gasteiger partial charge in [0.1, 0.15) is 0 Å². The van der Waals surface area contributed by atoms with Gasteiger partial charge < -0.3 is 9.47 Å². The molecule has 1 aliphatic heterocycles. The van der Waals surface area contributed by atoms with E-state index in [1.54, 1.807) is 0 Å². The van der Waals surface area contributed by atoms with E-state index in [0.29, 0.717) is 0 Å². The van der Waals surface area contributed by atoms with Crippen LogP contribution in [0.5, 0.6) is 0 Å². The van der Waals surface area contributed by atoms with Crippen LogP contribution in [0.1, 0.15) is 72.2 Å². The van der Waals surface area contributed by atoms with Crippen molar-refractivity contribution in [2.45, 2.75) is 112 Å². The van der Waals surface area contributed by atoms with E-state index >= 15 is 0 Å². The maximum absolute atomic E-state index is 7.01. The number of benzene rings is 4. The van der Waals surface area contributed by atoms with Gasteiger partial charge in [-0.3, -0.25) is 0 Å². The van der Waals surface area contributed by atoms with Gasteiger partial charge in [0, 0.05) is 11.3 Å². The van der Waals surface area contributed by atoms with Crippen LogP contribution in [0.25, 0.3) is 0 Å². The highest BCUT2D eigenvalue weighted by Gasteiger charge is 2.50. The summed E-state index contributed by atoms with van der Waals surface area (Å²) in [6, 6.07) is 28.4. The molecule has 0 N–H and O–H groups in total. The lowest BCUT2D eigenvalue weighted by Crippen LogP contribution is -2.43. The zero-order valence-corrected chi connectivity index (χ0v) is 31.2. The molecule has 0 bridgehead atoms. The molecule has 0 saturated carbocycles. The lowest BCUT2D eigenvalue weighted by molar-refractivity contribution is -0.145. The molecule has 0 aliphatic carbocycles. The Morgan fingerprint density at radius 3 is 0.822 bits per heavy atom. The maximum atomic E-state index is 7.01. The first-order chi connectivity index (χ1) is 21.1. The van der Waals surface area contributed by atoms with Crippen molar-refractivity contribution in [1.82, 2.24) is 0 Å². The highest BCUT2D eigenvalue weighted by molar-refractivity contribution is 7.74. The van der Waals surface area contributed by atoms with Crippen molar-refractivity contribution in [3.05, 3.63) is 117 Å². The third kappa shape index (κ3) is 7.80. The maximum Gasteiger partial charge on any atom is 0.163 e. The molecule has 238 valence electrons. The fraction of sp³-hybridized carbons (Fsp3) is 0.415. The summed E-state index contributed by atoms with van der Waals surface area (Å²) in [4.78, 5) is 0. The molecule has 1 heterocycles. The third-order valence-electron chi connectivity index (χ3n) is 8.87. The molecule has 0 radical (unpaired) electrons. The van der Waals surface area contributed by atoms with E-state index in [0.717, 1.165) is 0 Å². The molecule has 1 aliphatic rings. The predicted molar refractivity (Wildman–Crippen MR) is 199 cm³/mol. The molecule has 1 saturated heterocycles. The van der Waals surface area contributed by atoms with Crippen LogP contribution in [0.2, 0.25) is 0 Å². The van der Waals surface area contributed by atoms with Gasteiger partial charge >= 0.3 is 0 Å². The normalized spacial score (nSPS) is 19.3. The average molecular weight is 639 g/mol. The van der Waals surface area contributed by atoms with E-state index in [1.807, 2.05) is 0 Å². The predicted octanol–water partition coefficient (Wildman–Crippen LogP) is 9.02. The largest absolute Gasteiger partial charge is 0.344 e. The van der Waals surface area contributed by atoms with Crippen LogP contribution in [0.15, 0.2) is 72.8 Å². The Morgan fingerprint density at radius 1 is 0.422 bits per heavy atom. The van der Waals surface area contributed by atoms with Gasteiger partial charge in [-0.05, 0) is 106 Å². The van der Waals surface area contributed by atoms with Gasteiger partial charge in [-0.1, -0.05) is 131 Å². The Balaban J connectivity index is 1.64. The summed E-state index contributed by atoms with van der Waals surface area (Å²) in [5.74, 6) is -0.657. The quantitative estimate of drug-likeness (QED) is 0.179. The zero-order valence-electron chi connectivity index (χ0n) is 29.4. The second kappa shape index (κ2) is 13.4. The van der Waals surface area contributed by atoms with Crippen molar-refractivity contribution in [1.29, 1.82) is 0 Å². The number of aryl methyl sites for hydroxylation is 8. The Labute approximate surface area is 275 Å². The summed E-state index contributed by atoms with van der Waals surface area (Å²) < 4.78 is 14.0. The Hall–Kier alpha value is -2.34. The SMILES string of the molecule is Cc1cc(C)cc(P(c2cc(C)cc(C)c2)[C@H](C)[C@H]2OC(C)(C)O[C@@H]2[C@@H](C)P(c2cc(C)cc(C)c2)c2cc(C)cc(C)c2)c1. The van der Waals surface area contributed by atoms with Crippen LogP contribution in [-0.4, -0.2) is 29.3 Å². The molecule has 0 aromatic heterocycles. The fourth-order valence-corrected chi connectivity index (χ4v) is 13.7. The summed E-state index contributed by atoms with van der Waals surface area (Å²) >= 11 is 0. The van der Waals surface area contributed by atoms with Gasteiger partial charge in [-0.2, -0.15) is 0 Å². The van der Waals surface area contributed by atoms with E-state index in [4.69, 9.17) is 9.47 Å². The number of ether oxygens (including phenoxy) is 2. The monoisotopic (exact) mass is 638 g/mol. The van der Waals surface area contributed by atoms with Crippen molar-refractivity contribution in [3.63, 3.8) is 0 Å². The minimum Gasteiger partial charge on any atom is -0.344 e. The Morgan fingerprint density at radius 2 is 0.622 bits per heavy atom. The van der Waals surface area contributed by atoms with Crippen LogP contribution >= 0.6 is 15.8 Å². The van der Waals surface area contributed by atoms with Gasteiger partial charge in [0.15, 0.2) is 5.79 Å². The Bertz CT molecular complexity index is 1380. The highest BCUT2D eigenvalue weighted by atomic mass is 31.1. The molecule has 0 unspecified atom stereocenters. The Kier molecular flexibility index (Phi) is 10.1. The van der Waals surface area contributed by atoms with E-state index in [2.05, 4.69) is 156 Å². The van der Waals surface area contributed by atoms with E-state index in [1.165, 1.54) is 65.7 Å². The molecule has 0 spiro atoms. The van der Waals surface area contributed by atoms with Crippen LogP contribution < -0.4 is 21.2 Å². The summed E-state index contributed by atoms with van der Waals surface area (Å²) in [6.45, 7) is 26.8. The molecular formula is C41H52O2P2. The van der Waals surface area contributed by atoms with E-state index in [9.17, 15) is 0 Å². The molecule has 1 fully saturated rings. The molecule has 5 rings (SSSR count). The van der Waals surface area contributed by atoms with Crippen LogP contribution in [0.4, 0.5) is 0 Å². The van der Waals surface area contributed by atoms with Crippen molar-refractivity contribution in [2.24, 2.45) is 0 Å². The van der Waals surface area contributed by atoms with Crippen molar-refractivity contribution in [2.75, 3.05) is 0 Å². The minimum absolute atomic E-state index is 0.0513. The third-order valence-corrected chi connectivity index (χ3v) is 14.3. The van der Waals surface area contributed by atoms with E-state index in [-0.39, 0.29) is 23.5 Å². The molecule has 4 atom stereocenters. The average Bonchev–Trinajstić information content (AvgIpc) is 3.22. The van der Waals surface area contributed by atoms with Gasteiger partial charge in [0.2, 0.25) is 0 Å².